The Morgan fingerprint density at radius 3 is 2.35 bits per heavy atom. The third-order valence-corrected chi connectivity index (χ3v) is 6.07. The minimum atomic E-state index is -0.736. The highest BCUT2D eigenvalue weighted by Gasteiger charge is 2.32. The molecule has 0 saturated carbocycles. The van der Waals surface area contributed by atoms with Gasteiger partial charge < -0.3 is 19.0 Å². The van der Waals surface area contributed by atoms with Gasteiger partial charge >= 0.3 is 5.97 Å². The van der Waals surface area contributed by atoms with Crippen molar-refractivity contribution in [3.05, 3.63) is 65.3 Å². The Kier molecular flexibility index (Phi) is 6.38. The number of fused-ring (bicyclic) bond motifs is 1. The quantitative estimate of drug-likeness (QED) is 0.171. The predicted octanol–water partition coefficient (Wildman–Crippen LogP) is 3.81. The van der Waals surface area contributed by atoms with Gasteiger partial charge in [-0.2, -0.15) is 5.26 Å². The van der Waals surface area contributed by atoms with Crippen LogP contribution in [-0.4, -0.2) is 48.7 Å². The SMILES string of the molecule is CSc1nc(-c2ccco2)nc(C)c1C(=O)OCC(=O)C(C#N)=C1N(C)c2ccccc2N1C. The van der Waals surface area contributed by atoms with E-state index in [4.69, 9.17) is 9.15 Å². The number of Topliss-reactive ketones (excluding diaryl/α,β-unsaturated/α-hetero) is 1. The second-order valence-corrected chi connectivity index (χ2v) is 8.21. The van der Waals surface area contributed by atoms with E-state index in [9.17, 15) is 14.9 Å². The number of thioether (sulfide) groups is 1. The Morgan fingerprint density at radius 1 is 1.12 bits per heavy atom. The number of rotatable bonds is 6. The summed E-state index contributed by atoms with van der Waals surface area (Å²) in [6, 6.07) is 13.0. The highest BCUT2D eigenvalue weighted by atomic mass is 32.2. The summed E-state index contributed by atoms with van der Waals surface area (Å²) in [4.78, 5) is 38.1. The molecule has 0 amide bonds. The zero-order valence-electron chi connectivity index (χ0n) is 19.0. The molecule has 1 aliphatic rings. The van der Waals surface area contributed by atoms with E-state index in [0.29, 0.717) is 28.1 Å². The smallest absolute Gasteiger partial charge is 0.343 e. The van der Waals surface area contributed by atoms with E-state index in [1.807, 2.05) is 30.3 Å². The minimum Gasteiger partial charge on any atom is -0.461 e. The van der Waals surface area contributed by atoms with Crippen molar-refractivity contribution in [1.29, 1.82) is 5.26 Å². The average molecular weight is 476 g/mol. The molecule has 172 valence electrons. The number of aromatic nitrogens is 2. The lowest BCUT2D eigenvalue weighted by molar-refractivity contribution is -0.118. The summed E-state index contributed by atoms with van der Waals surface area (Å²) in [6.07, 6.45) is 3.29. The molecule has 0 spiro atoms. The third-order valence-electron chi connectivity index (χ3n) is 5.38. The van der Waals surface area contributed by atoms with Gasteiger partial charge in [-0.3, -0.25) is 4.79 Å². The molecule has 34 heavy (non-hydrogen) atoms. The summed E-state index contributed by atoms with van der Waals surface area (Å²) in [5, 5.41) is 10.1. The van der Waals surface area contributed by atoms with Gasteiger partial charge in [0.1, 0.15) is 28.1 Å². The molecule has 4 rings (SSSR count). The van der Waals surface area contributed by atoms with E-state index < -0.39 is 18.4 Å². The molecule has 0 atom stereocenters. The molecule has 2 aromatic heterocycles. The van der Waals surface area contributed by atoms with Crippen LogP contribution in [0.2, 0.25) is 0 Å². The van der Waals surface area contributed by atoms with Gasteiger partial charge in [0, 0.05) is 14.1 Å². The van der Waals surface area contributed by atoms with Crippen LogP contribution in [-0.2, 0) is 9.53 Å². The highest BCUT2D eigenvalue weighted by Crippen LogP contribution is 2.40. The van der Waals surface area contributed by atoms with Crippen molar-refractivity contribution < 1.29 is 18.7 Å². The van der Waals surface area contributed by atoms with E-state index in [-0.39, 0.29) is 11.1 Å². The number of anilines is 2. The van der Waals surface area contributed by atoms with Crippen LogP contribution in [0, 0.1) is 18.3 Å². The summed E-state index contributed by atoms with van der Waals surface area (Å²) < 4.78 is 10.6. The molecule has 9 nitrogen and oxygen atoms in total. The van der Waals surface area contributed by atoms with Gasteiger partial charge in [-0.25, -0.2) is 14.8 Å². The standard InChI is InChI=1S/C24H21N5O4S/c1-14-20(22(34-4)27-21(26-14)19-10-7-11-32-19)24(31)33-13-18(30)15(12-25)23-28(2)16-8-5-6-9-17(16)29(23)3/h5-11H,13H2,1-4H3. The number of furan rings is 1. The summed E-state index contributed by atoms with van der Waals surface area (Å²) in [5.74, 6) is -0.0852. The molecule has 0 radical (unpaired) electrons. The topological polar surface area (TPSA) is 113 Å². The fraction of sp³-hybridized carbons (Fsp3) is 0.208. The largest absolute Gasteiger partial charge is 0.461 e. The van der Waals surface area contributed by atoms with Gasteiger partial charge in [-0.05, 0) is 37.4 Å². The van der Waals surface area contributed by atoms with Crippen molar-refractivity contribution in [2.24, 2.45) is 0 Å². The van der Waals surface area contributed by atoms with Crippen LogP contribution in [0.3, 0.4) is 0 Å². The number of para-hydroxylation sites is 2. The molecule has 1 aromatic carbocycles. The van der Waals surface area contributed by atoms with E-state index in [0.717, 1.165) is 11.4 Å². The van der Waals surface area contributed by atoms with Crippen molar-refractivity contribution in [2.75, 3.05) is 36.8 Å². The Morgan fingerprint density at radius 2 is 1.79 bits per heavy atom. The zero-order valence-corrected chi connectivity index (χ0v) is 19.8. The number of aryl methyl sites for hydroxylation is 1. The number of nitriles is 1. The first-order valence-corrected chi connectivity index (χ1v) is 11.5. The van der Waals surface area contributed by atoms with E-state index >= 15 is 0 Å². The van der Waals surface area contributed by atoms with Gasteiger partial charge in [0.25, 0.3) is 0 Å². The van der Waals surface area contributed by atoms with Crippen LogP contribution >= 0.6 is 11.8 Å². The molecule has 10 heteroatoms. The fourth-order valence-corrected chi connectivity index (χ4v) is 4.39. The molecule has 0 aliphatic carbocycles. The number of carbonyl (C=O) groups is 2. The first-order chi connectivity index (χ1) is 16.4. The molecule has 0 fully saturated rings. The lowest BCUT2D eigenvalue weighted by Crippen LogP contribution is -2.28. The summed E-state index contributed by atoms with van der Waals surface area (Å²) >= 11 is 1.25. The number of benzene rings is 1. The van der Waals surface area contributed by atoms with Crippen molar-refractivity contribution in [3.8, 4) is 17.7 Å². The van der Waals surface area contributed by atoms with Crippen LogP contribution in [0.25, 0.3) is 11.6 Å². The van der Waals surface area contributed by atoms with E-state index in [1.165, 1.54) is 18.0 Å². The van der Waals surface area contributed by atoms with Crippen molar-refractivity contribution >= 4 is 34.9 Å². The lowest BCUT2D eigenvalue weighted by atomic mass is 10.2. The van der Waals surface area contributed by atoms with Gasteiger partial charge in [0.2, 0.25) is 5.78 Å². The summed E-state index contributed by atoms with van der Waals surface area (Å²) in [6.45, 7) is 1.07. The van der Waals surface area contributed by atoms with Crippen LogP contribution < -0.4 is 9.80 Å². The second kappa shape index (κ2) is 9.41. The number of ketones is 1. The molecule has 0 unspecified atom stereocenters. The molecular formula is C24H21N5O4S. The molecule has 0 bridgehead atoms. The Labute approximate surface area is 200 Å². The normalized spacial score (nSPS) is 12.4. The fourth-order valence-electron chi connectivity index (χ4n) is 3.78. The molecule has 3 aromatic rings. The number of esters is 1. The number of hydrogen-bond acceptors (Lipinski definition) is 10. The number of ether oxygens (including phenoxy) is 1. The van der Waals surface area contributed by atoms with Gasteiger partial charge in [0.05, 0.1) is 23.3 Å². The second-order valence-electron chi connectivity index (χ2n) is 7.41. The molecule has 3 heterocycles. The average Bonchev–Trinajstić information content (AvgIpc) is 3.46. The molecule has 0 saturated heterocycles. The number of hydrogen-bond donors (Lipinski definition) is 0. The molecule has 0 N–H and O–H groups in total. The van der Waals surface area contributed by atoms with Crippen molar-refractivity contribution in [3.63, 3.8) is 0 Å². The van der Waals surface area contributed by atoms with E-state index in [2.05, 4.69) is 9.97 Å². The molecule has 1 aliphatic heterocycles. The van der Waals surface area contributed by atoms with Crippen LogP contribution in [0.5, 0.6) is 0 Å². The van der Waals surface area contributed by atoms with Crippen LogP contribution in [0.15, 0.2) is 63.5 Å². The highest BCUT2D eigenvalue weighted by molar-refractivity contribution is 7.98. The Bertz CT molecular complexity index is 1310. The van der Waals surface area contributed by atoms with E-state index in [1.54, 1.807) is 49.2 Å². The van der Waals surface area contributed by atoms with Crippen LogP contribution in [0.4, 0.5) is 11.4 Å². The van der Waals surface area contributed by atoms with Crippen molar-refractivity contribution in [2.45, 2.75) is 11.9 Å². The lowest BCUT2D eigenvalue weighted by Gasteiger charge is -2.20. The summed E-state index contributed by atoms with van der Waals surface area (Å²) in [5.41, 5.74) is 2.20. The Balaban J connectivity index is 1.56. The zero-order chi connectivity index (χ0) is 24.4. The van der Waals surface area contributed by atoms with Gasteiger partial charge in [-0.1, -0.05) is 12.1 Å². The Hall–Kier alpha value is -4.10. The summed E-state index contributed by atoms with van der Waals surface area (Å²) in [7, 11) is 3.56. The number of carbonyl (C=O) groups excluding carboxylic acids is 2. The van der Waals surface area contributed by atoms with Gasteiger partial charge in [0.15, 0.2) is 18.2 Å². The van der Waals surface area contributed by atoms with Crippen molar-refractivity contribution in [1.82, 2.24) is 9.97 Å². The third kappa shape index (κ3) is 4.02. The maximum Gasteiger partial charge on any atom is 0.343 e. The van der Waals surface area contributed by atoms with Crippen LogP contribution in [0.1, 0.15) is 16.1 Å². The van der Waals surface area contributed by atoms with Gasteiger partial charge in [-0.15, -0.1) is 11.8 Å². The maximum absolute atomic E-state index is 12.9. The first kappa shape index (κ1) is 23.1. The minimum absolute atomic E-state index is 0.0970. The monoisotopic (exact) mass is 475 g/mol. The number of nitrogens with zero attached hydrogens (tertiary/aromatic N) is 5. The molecular weight excluding hydrogens is 454 g/mol. The maximum atomic E-state index is 12.9. The first-order valence-electron chi connectivity index (χ1n) is 10.2. The predicted molar refractivity (Wildman–Crippen MR) is 127 cm³/mol.